The predicted molar refractivity (Wildman–Crippen MR) is 66.7 cm³/mol. The number of tetrazole rings is 1. The molecule has 0 aliphatic carbocycles. The van der Waals surface area contributed by atoms with Crippen molar-refractivity contribution in [1.29, 1.82) is 0 Å². The summed E-state index contributed by atoms with van der Waals surface area (Å²) in [6, 6.07) is 7.37. The van der Waals surface area contributed by atoms with Gasteiger partial charge in [-0.05, 0) is 35.0 Å². The van der Waals surface area contributed by atoms with Crippen LogP contribution in [0.25, 0.3) is 5.69 Å². The van der Waals surface area contributed by atoms with Crippen LogP contribution in [0.15, 0.2) is 30.6 Å². The first-order chi connectivity index (χ1) is 9.33. The standard InChI is InChI=1S/C12H13N5O2/c18-12(9-4-5-19-7-9)14-10-2-1-3-11(6-10)17-8-13-15-16-17/h1-3,6,8-9H,4-5,7H2,(H,14,18). The molecule has 0 bridgehead atoms. The van der Waals surface area contributed by atoms with Crippen molar-refractivity contribution in [3.05, 3.63) is 30.6 Å². The number of carbonyl (C=O) groups is 1. The van der Waals surface area contributed by atoms with Gasteiger partial charge in [0.05, 0.1) is 18.2 Å². The minimum atomic E-state index is -0.0586. The molecule has 98 valence electrons. The molecule has 1 aliphatic rings. The molecule has 0 saturated carbocycles. The van der Waals surface area contributed by atoms with E-state index in [2.05, 4.69) is 20.8 Å². The van der Waals surface area contributed by atoms with Crippen molar-refractivity contribution in [3.63, 3.8) is 0 Å². The molecule has 0 radical (unpaired) electrons. The number of benzene rings is 1. The third-order valence-electron chi connectivity index (χ3n) is 3.03. The average Bonchev–Trinajstić information content (AvgIpc) is 3.13. The maximum absolute atomic E-state index is 12.0. The first-order valence-corrected chi connectivity index (χ1v) is 6.05. The molecule has 1 saturated heterocycles. The second-order valence-electron chi connectivity index (χ2n) is 4.35. The number of carbonyl (C=O) groups excluding carboxylic acids is 1. The van der Waals surface area contributed by atoms with E-state index in [0.717, 1.165) is 17.8 Å². The first kappa shape index (κ1) is 11.8. The van der Waals surface area contributed by atoms with Crippen LogP contribution in [0, 0.1) is 5.92 Å². The summed E-state index contributed by atoms with van der Waals surface area (Å²) < 4.78 is 6.74. The summed E-state index contributed by atoms with van der Waals surface area (Å²) in [5, 5.41) is 13.9. The lowest BCUT2D eigenvalue weighted by molar-refractivity contribution is -0.119. The molecule has 1 N–H and O–H groups in total. The van der Waals surface area contributed by atoms with Gasteiger partial charge >= 0.3 is 0 Å². The van der Waals surface area contributed by atoms with Crippen LogP contribution in [0.1, 0.15) is 6.42 Å². The maximum atomic E-state index is 12.0. The lowest BCUT2D eigenvalue weighted by Crippen LogP contribution is -2.22. The average molecular weight is 259 g/mol. The number of hydrogen-bond acceptors (Lipinski definition) is 5. The molecule has 19 heavy (non-hydrogen) atoms. The predicted octanol–water partition coefficient (Wildman–Crippen LogP) is 0.637. The van der Waals surface area contributed by atoms with Crippen LogP contribution in [0.5, 0.6) is 0 Å². The molecule has 0 spiro atoms. The van der Waals surface area contributed by atoms with Gasteiger partial charge in [-0.1, -0.05) is 6.07 Å². The van der Waals surface area contributed by atoms with E-state index in [4.69, 9.17) is 4.74 Å². The summed E-state index contributed by atoms with van der Waals surface area (Å²) >= 11 is 0. The van der Waals surface area contributed by atoms with Crippen molar-refractivity contribution in [2.45, 2.75) is 6.42 Å². The SMILES string of the molecule is O=C(Nc1cccc(-n2cnnn2)c1)C1CCOC1. The number of aromatic nitrogens is 4. The third-order valence-corrected chi connectivity index (χ3v) is 3.03. The highest BCUT2D eigenvalue weighted by molar-refractivity contribution is 5.93. The Kier molecular flexibility index (Phi) is 3.20. The van der Waals surface area contributed by atoms with Crippen molar-refractivity contribution < 1.29 is 9.53 Å². The van der Waals surface area contributed by atoms with Crippen LogP contribution in [0.4, 0.5) is 5.69 Å². The van der Waals surface area contributed by atoms with Gasteiger partial charge in [-0.3, -0.25) is 4.79 Å². The van der Waals surface area contributed by atoms with E-state index in [1.807, 2.05) is 24.3 Å². The molecule has 2 heterocycles. The summed E-state index contributed by atoms with van der Waals surface area (Å²) in [7, 11) is 0. The van der Waals surface area contributed by atoms with Crippen molar-refractivity contribution in [3.8, 4) is 5.69 Å². The quantitative estimate of drug-likeness (QED) is 0.874. The molecule has 1 aromatic carbocycles. The molecule has 2 aromatic rings. The van der Waals surface area contributed by atoms with Crippen LogP contribution in [0.2, 0.25) is 0 Å². The summed E-state index contributed by atoms with van der Waals surface area (Å²) in [6.45, 7) is 1.15. The molecule has 1 amide bonds. The van der Waals surface area contributed by atoms with Crippen molar-refractivity contribution in [2.75, 3.05) is 18.5 Å². The minimum absolute atomic E-state index is 0.00800. The van der Waals surface area contributed by atoms with E-state index in [-0.39, 0.29) is 11.8 Å². The zero-order valence-electron chi connectivity index (χ0n) is 10.2. The van der Waals surface area contributed by atoms with Crippen LogP contribution < -0.4 is 5.32 Å². The normalized spacial score (nSPS) is 18.4. The van der Waals surface area contributed by atoms with E-state index in [1.54, 1.807) is 0 Å². The molecule has 1 atom stereocenters. The highest BCUT2D eigenvalue weighted by Crippen LogP contribution is 2.17. The van der Waals surface area contributed by atoms with Crippen LogP contribution in [-0.4, -0.2) is 39.3 Å². The smallest absolute Gasteiger partial charge is 0.229 e. The summed E-state index contributed by atoms with van der Waals surface area (Å²) in [5.74, 6) is -0.0666. The number of hydrogen-bond donors (Lipinski definition) is 1. The van der Waals surface area contributed by atoms with Gasteiger partial charge in [-0.25, -0.2) is 4.68 Å². The Hall–Kier alpha value is -2.28. The Balaban J connectivity index is 1.74. The highest BCUT2D eigenvalue weighted by atomic mass is 16.5. The zero-order valence-corrected chi connectivity index (χ0v) is 10.2. The number of nitrogens with one attached hydrogen (secondary N) is 1. The van der Waals surface area contributed by atoms with E-state index in [0.29, 0.717) is 13.2 Å². The molecule has 1 aliphatic heterocycles. The fourth-order valence-electron chi connectivity index (χ4n) is 1.99. The highest BCUT2D eigenvalue weighted by Gasteiger charge is 2.23. The third kappa shape index (κ3) is 2.60. The number of nitrogens with zero attached hydrogens (tertiary/aromatic N) is 4. The summed E-state index contributed by atoms with van der Waals surface area (Å²) in [4.78, 5) is 12.0. The molecule has 3 rings (SSSR count). The van der Waals surface area contributed by atoms with Crippen molar-refractivity contribution >= 4 is 11.6 Å². The van der Waals surface area contributed by atoms with E-state index in [1.165, 1.54) is 11.0 Å². The van der Waals surface area contributed by atoms with Crippen LogP contribution >= 0.6 is 0 Å². The lowest BCUT2D eigenvalue weighted by atomic mass is 10.1. The number of anilines is 1. The van der Waals surface area contributed by atoms with Crippen LogP contribution in [-0.2, 0) is 9.53 Å². The van der Waals surface area contributed by atoms with Crippen molar-refractivity contribution in [1.82, 2.24) is 20.2 Å². The lowest BCUT2D eigenvalue weighted by Gasteiger charge is -2.10. The van der Waals surface area contributed by atoms with Gasteiger partial charge in [-0.2, -0.15) is 0 Å². The van der Waals surface area contributed by atoms with E-state index >= 15 is 0 Å². The Labute approximate surface area is 109 Å². The van der Waals surface area contributed by atoms with Gasteiger partial charge in [0.2, 0.25) is 5.91 Å². The molecule has 1 unspecified atom stereocenters. The van der Waals surface area contributed by atoms with E-state index in [9.17, 15) is 4.79 Å². The van der Waals surface area contributed by atoms with Gasteiger partial charge in [0, 0.05) is 12.3 Å². The summed E-state index contributed by atoms with van der Waals surface area (Å²) in [5.41, 5.74) is 1.52. The molecule has 1 fully saturated rings. The minimum Gasteiger partial charge on any atom is -0.381 e. The Morgan fingerprint density at radius 1 is 1.47 bits per heavy atom. The molecular formula is C12H13N5O2. The fourth-order valence-corrected chi connectivity index (χ4v) is 1.99. The topological polar surface area (TPSA) is 81.9 Å². The second-order valence-corrected chi connectivity index (χ2v) is 4.35. The Morgan fingerprint density at radius 3 is 3.16 bits per heavy atom. The molecule has 7 heteroatoms. The first-order valence-electron chi connectivity index (χ1n) is 6.05. The Bertz CT molecular complexity index is 563. The van der Waals surface area contributed by atoms with Gasteiger partial charge < -0.3 is 10.1 Å². The zero-order chi connectivity index (χ0) is 13.1. The number of rotatable bonds is 3. The number of amides is 1. The summed E-state index contributed by atoms with van der Waals surface area (Å²) in [6.07, 6.45) is 2.28. The largest absolute Gasteiger partial charge is 0.381 e. The Morgan fingerprint density at radius 2 is 2.42 bits per heavy atom. The van der Waals surface area contributed by atoms with E-state index < -0.39 is 0 Å². The van der Waals surface area contributed by atoms with Gasteiger partial charge in [0.15, 0.2) is 0 Å². The molecular weight excluding hydrogens is 246 g/mol. The molecule has 7 nitrogen and oxygen atoms in total. The van der Waals surface area contributed by atoms with Gasteiger partial charge in [0.25, 0.3) is 0 Å². The maximum Gasteiger partial charge on any atom is 0.229 e. The monoisotopic (exact) mass is 259 g/mol. The van der Waals surface area contributed by atoms with Gasteiger partial charge in [-0.15, -0.1) is 5.10 Å². The fraction of sp³-hybridized carbons (Fsp3) is 0.333. The number of ether oxygens (including phenoxy) is 1. The van der Waals surface area contributed by atoms with Crippen LogP contribution in [0.3, 0.4) is 0 Å². The molecule has 1 aromatic heterocycles. The van der Waals surface area contributed by atoms with Crippen molar-refractivity contribution in [2.24, 2.45) is 5.92 Å². The second kappa shape index (κ2) is 5.15. The van der Waals surface area contributed by atoms with Gasteiger partial charge in [0.1, 0.15) is 6.33 Å².